The molecule has 7 nitrogen and oxygen atoms in total. The van der Waals surface area contributed by atoms with Gasteiger partial charge in [0.25, 0.3) is 5.91 Å². The number of fused-ring (bicyclic) bond motifs is 1. The number of carbonyl (C=O) groups excluding carboxylic acids is 1. The smallest absolute Gasteiger partial charge is 0.253 e. The van der Waals surface area contributed by atoms with Crippen LogP contribution in [0.5, 0.6) is 11.5 Å². The zero-order valence-electron chi connectivity index (χ0n) is 16.8. The van der Waals surface area contributed by atoms with Crippen LogP contribution in [0.2, 0.25) is 0 Å². The largest absolute Gasteiger partial charge is 0.486 e. The number of rotatable bonds is 5. The predicted octanol–water partition coefficient (Wildman–Crippen LogP) is 2.51. The van der Waals surface area contributed by atoms with E-state index in [4.69, 9.17) is 9.47 Å². The summed E-state index contributed by atoms with van der Waals surface area (Å²) in [6.45, 7) is 1.66. The first-order chi connectivity index (χ1) is 13.6. The van der Waals surface area contributed by atoms with Gasteiger partial charge < -0.3 is 25.0 Å². The van der Waals surface area contributed by atoms with Gasteiger partial charge in [-0.25, -0.2) is 0 Å². The van der Waals surface area contributed by atoms with Crippen LogP contribution in [0.25, 0.3) is 0 Å². The molecule has 0 aliphatic carbocycles. The van der Waals surface area contributed by atoms with Crippen LogP contribution in [0.4, 0.5) is 0 Å². The summed E-state index contributed by atoms with van der Waals surface area (Å²) in [6, 6.07) is 15.2. The Balaban J connectivity index is 0.00000300. The molecule has 0 spiro atoms. The first kappa shape index (κ1) is 22.8. The van der Waals surface area contributed by atoms with Crippen LogP contribution in [0.15, 0.2) is 53.5 Å². The number of amides is 1. The summed E-state index contributed by atoms with van der Waals surface area (Å²) in [5.41, 5.74) is 1.73. The molecule has 8 heteroatoms. The average Bonchev–Trinajstić information content (AvgIpc) is 2.73. The number of carbonyl (C=O) groups is 1. The minimum absolute atomic E-state index is 0. The van der Waals surface area contributed by atoms with Crippen molar-refractivity contribution >= 4 is 35.8 Å². The lowest BCUT2D eigenvalue weighted by Crippen LogP contribution is -2.45. The number of ether oxygens (including phenoxy) is 2. The number of halogens is 1. The maximum Gasteiger partial charge on any atom is 0.253 e. The van der Waals surface area contributed by atoms with E-state index in [2.05, 4.69) is 15.6 Å². The van der Waals surface area contributed by atoms with E-state index < -0.39 is 0 Å². The Hall–Kier alpha value is -2.49. The van der Waals surface area contributed by atoms with Crippen molar-refractivity contribution in [3.8, 4) is 11.5 Å². The van der Waals surface area contributed by atoms with E-state index in [1.54, 1.807) is 26.0 Å². The predicted molar refractivity (Wildman–Crippen MR) is 124 cm³/mol. The van der Waals surface area contributed by atoms with Gasteiger partial charge in [-0.2, -0.15) is 0 Å². The molecule has 2 N–H and O–H groups in total. The van der Waals surface area contributed by atoms with Crippen molar-refractivity contribution in [2.45, 2.75) is 12.6 Å². The SMILES string of the molecule is CN=C(NCc1ccc(C(=O)N(C)C)cc1)NCC1COc2ccccc2O1.I. The first-order valence-corrected chi connectivity index (χ1v) is 9.20. The number of para-hydroxylation sites is 2. The van der Waals surface area contributed by atoms with Gasteiger partial charge in [-0.3, -0.25) is 9.79 Å². The van der Waals surface area contributed by atoms with Crippen molar-refractivity contribution in [2.75, 3.05) is 34.3 Å². The number of aliphatic imine (C=N–C) groups is 1. The molecule has 1 heterocycles. The molecular formula is C21H27IN4O3. The van der Waals surface area contributed by atoms with Crippen molar-refractivity contribution < 1.29 is 14.3 Å². The Morgan fingerprint density at radius 1 is 1.10 bits per heavy atom. The van der Waals surface area contributed by atoms with Gasteiger partial charge in [-0.05, 0) is 29.8 Å². The quantitative estimate of drug-likeness (QED) is 0.368. The van der Waals surface area contributed by atoms with E-state index in [1.165, 1.54) is 0 Å². The minimum atomic E-state index is -0.0928. The molecule has 0 fully saturated rings. The lowest BCUT2D eigenvalue weighted by Gasteiger charge is -2.27. The minimum Gasteiger partial charge on any atom is -0.486 e. The van der Waals surface area contributed by atoms with E-state index >= 15 is 0 Å². The molecule has 2 aromatic rings. The molecule has 156 valence electrons. The first-order valence-electron chi connectivity index (χ1n) is 9.20. The standard InChI is InChI=1S/C21H26N4O3.HI/c1-22-21(23-12-15-8-10-16(11-9-15)20(26)25(2)3)24-13-17-14-27-18-6-4-5-7-19(18)28-17;/h4-11,17H,12-14H2,1-3H3,(H2,22,23,24);1H. The number of benzene rings is 2. The monoisotopic (exact) mass is 510 g/mol. The van der Waals surface area contributed by atoms with E-state index in [9.17, 15) is 4.79 Å². The van der Waals surface area contributed by atoms with Crippen LogP contribution in [0, 0.1) is 0 Å². The molecule has 2 aromatic carbocycles. The molecule has 3 rings (SSSR count). The summed E-state index contributed by atoms with van der Waals surface area (Å²) in [4.78, 5) is 17.7. The van der Waals surface area contributed by atoms with Gasteiger partial charge in [0.05, 0.1) is 6.54 Å². The zero-order valence-corrected chi connectivity index (χ0v) is 19.2. The van der Waals surface area contributed by atoms with Gasteiger partial charge in [0, 0.05) is 33.3 Å². The van der Waals surface area contributed by atoms with E-state index in [0.29, 0.717) is 31.2 Å². The Bertz CT molecular complexity index is 840. The second kappa shape index (κ2) is 10.9. The molecular weight excluding hydrogens is 483 g/mol. The summed E-state index contributed by atoms with van der Waals surface area (Å²) < 4.78 is 11.7. The molecule has 0 bridgehead atoms. The second-order valence-electron chi connectivity index (χ2n) is 6.70. The molecule has 0 saturated heterocycles. The molecule has 1 atom stereocenters. The summed E-state index contributed by atoms with van der Waals surface area (Å²) in [5.74, 6) is 2.21. The highest BCUT2D eigenvalue weighted by Gasteiger charge is 2.20. The fraction of sp³-hybridized carbons (Fsp3) is 0.333. The summed E-state index contributed by atoms with van der Waals surface area (Å²) in [5, 5.41) is 6.52. The normalized spacial score (nSPS) is 15.1. The number of hydrogen-bond donors (Lipinski definition) is 2. The van der Waals surface area contributed by atoms with Crippen molar-refractivity contribution in [3.63, 3.8) is 0 Å². The third kappa shape index (κ3) is 6.25. The Kier molecular flexibility index (Phi) is 8.56. The van der Waals surface area contributed by atoms with Crippen LogP contribution in [-0.2, 0) is 6.54 Å². The molecule has 1 aliphatic rings. The lowest BCUT2D eigenvalue weighted by molar-refractivity contribution is 0.0827. The number of guanidine groups is 1. The van der Waals surface area contributed by atoms with E-state index in [-0.39, 0.29) is 36.0 Å². The molecule has 1 amide bonds. The van der Waals surface area contributed by atoms with E-state index in [0.717, 1.165) is 17.1 Å². The van der Waals surface area contributed by atoms with Crippen LogP contribution in [0.1, 0.15) is 15.9 Å². The van der Waals surface area contributed by atoms with Gasteiger partial charge in [0.15, 0.2) is 17.5 Å². The van der Waals surface area contributed by atoms with Crippen LogP contribution < -0.4 is 20.1 Å². The highest BCUT2D eigenvalue weighted by Crippen LogP contribution is 2.30. The Morgan fingerprint density at radius 2 is 1.79 bits per heavy atom. The Morgan fingerprint density at radius 3 is 2.45 bits per heavy atom. The van der Waals surface area contributed by atoms with E-state index in [1.807, 2.05) is 48.5 Å². The molecule has 1 aliphatic heterocycles. The summed E-state index contributed by atoms with van der Waals surface area (Å²) in [6.07, 6.45) is -0.0928. The maximum atomic E-state index is 11.9. The topological polar surface area (TPSA) is 75.2 Å². The van der Waals surface area contributed by atoms with Crippen molar-refractivity contribution in [1.29, 1.82) is 0 Å². The summed E-state index contributed by atoms with van der Waals surface area (Å²) in [7, 11) is 5.21. The van der Waals surface area contributed by atoms with Gasteiger partial charge in [0.1, 0.15) is 12.7 Å². The fourth-order valence-electron chi connectivity index (χ4n) is 2.80. The molecule has 0 aromatic heterocycles. The van der Waals surface area contributed by atoms with Crippen molar-refractivity contribution in [1.82, 2.24) is 15.5 Å². The van der Waals surface area contributed by atoms with Gasteiger partial charge >= 0.3 is 0 Å². The zero-order chi connectivity index (χ0) is 19.9. The molecule has 0 radical (unpaired) electrons. The highest BCUT2D eigenvalue weighted by molar-refractivity contribution is 14.0. The van der Waals surface area contributed by atoms with Crippen LogP contribution >= 0.6 is 24.0 Å². The van der Waals surface area contributed by atoms with Crippen molar-refractivity contribution in [3.05, 3.63) is 59.7 Å². The van der Waals surface area contributed by atoms with Crippen LogP contribution in [-0.4, -0.2) is 57.2 Å². The van der Waals surface area contributed by atoms with Gasteiger partial charge in [-0.1, -0.05) is 24.3 Å². The number of nitrogens with zero attached hydrogens (tertiary/aromatic N) is 2. The third-order valence-electron chi connectivity index (χ3n) is 4.36. The summed E-state index contributed by atoms with van der Waals surface area (Å²) >= 11 is 0. The van der Waals surface area contributed by atoms with Gasteiger partial charge in [0.2, 0.25) is 0 Å². The van der Waals surface area contributed by atoms with Crippen molar-refractivity contribution in [2.24, 2.45) is 4.99 Å². The molecule has 29 heavy (non-hydrogen) atoms. The van der Waals surface area contributed by atoms with Crippen LogP contribution in [0.3, 0.4) is 0 Å². The number of nitrogens with one attached hydrogen (secondary N) is 2. The average molecular weight is 510 g/mol. The fourth-order valence-corrected chi connectivity index (χ4v) is 2.80. The third-order valence-corrected chi connectivity index (χ3v) is 4.36. The number of hydrogen-bond acceptors (Lipinski definition) is 4. The molecule has 1 unspecified atom stereocenters. The Labute approximate surface area is 188 Å². The second-order valence-corrected chi connectivity index (χ2v) is 6.70. The molecule has 0 saturated carbocycles. The van der Waals surface area contributed by atoms with Gasteiger partial charge in [-0.15, -0.1) is 24.0 Å². The highest BCUT2D eigenvalue weighted by atomic mass is 127. The lowest BCUT2D eigenvalue weighted by atomic mass is 10.1. The maximum absolute atomic E-state index is 11.9.